The van der Waals surface area contributed by atoms with Gasteiger partial charge in [-0.25, -0.2) is 9.82 Å². The van der Waals surface area contributed by atoms with Crippen LogP contribution in [-0.2, 0) is 16.2 Å². The van der Waals surface area contributed by atoms with E-state index in [1.807, 2.05) is 0 Å². The Hall–Kier alpha value is -3.71. The molecule has 0 heterocycles. The normalized spacial score (nSPS) is 10.6. The molecular weight excluding hydrogens is 409 g/mol. The van der Waals surface area contributed by atoms with Gasteiger partial charge in [0, 0.05) is 10.7 Å². The Bertz CT molecular complexity index is 1050. The molecule has 0 saturated heterocycles. The van der Waals surface area contributed by atoms with Crippen molar-refractivity contribution in [3.63, 3.8) is 0 Å². The summed E-state index contributed by atoms with van der Waals surface area (Å²) in [6, 6.07) is 19.4. The number of rotatable bonds is 6. The first kappa shape index (κ1) is 21.0. The van der Waals surface area contributed by atoms with Crippen LogP contribution in [0.25, 0.3) is 0 Å². The summed E-state index contributed by atoms with van der Waals surface area (Å²) in [5.41, 5.74) is 4.10. The van der Waals surface area contributed by atoms with Crippen molar-refractivity contribution >= 4 is 35.3 Å². The molecule has 3 rings (SSSR count). The fourth-order valence-electron chi connectivity index (χ4n) is 2.37. The Morgan fingerprint density at radius 1 is 1.00 bits per heavy atom. The third kappa shape index (κ3) is 6.42. The highest BCUT2D eigenvalue weighted by molar-refractivity contribution is 6.39. The van der Waals surface area contributed by atoms with E-state index >= 15 is 0 Å². The van der Waals surface area contributed by atoms with Gasteiger partial charge in [0.05, 0.1) is 6.21 Å². The third-order valence-corrected chi connectivity index (χ3v) is 4.10. The second-order valence-corrected chi connectivity index (χ2v) is 6.58. The molecule has 0 fully saturated rings. The second kappa shape index (κ2) is 10.2. The number of nitrogens with zero attached hydrogens (tertiary/aromatic N) is 1. The number of halogens is 2. The molecule has 0 radical (unpaired) electrons. The number of amides is 2. The number of carbonyl (C=O) groups is 2. The molecular formula is C22H17ClFN3O3. The van der Waals surface area contributed by atoms with Crippen molar-refractivity contribution < 1.29 is 18.7 Å². The average Bonchev–Trinajstić information content (AvgIpc) is 2.74. The van der Waals surface area contributed by atoms with Crippen molar-refractivity contribution in [2.75, 3.05) is 5.32 Å². The molecule has 0 aliphatic heterocycles. The van der Waals surface area contributed by atoms with Gasteiger partial charge in [0.25, 0.3) is 0 Å². The molecule has 8 heteroatoms. The molecule has 3 aromatic carbocycles. The number of hydrazone groups is 1. The molecule has 0 unspecified atom stereocenters. The molecule has 0 spiro atoms. The first-order chi connectivity index (χ1) is 14.5. The van der Waals surface area contributed by atoms with Gasteiger partial charge >= 0.3 is 11.8 Å². The van der Waals surface area contributed by atoms with E-state index in [1.165, 1.54) is 24.4 Å². The van der Waals surface area contributed by atoms with E-state index < -0.39 is 11.8 Å². The Morgan fingerprint density at radius 2 is 1.73 bits per heavy atom. The van der Waals surface area contributed by atoms with Crippen LogP contribution < -0.4 is 15.5 Å². The zero-order chi connectivity index (χ0) is 21.3. The van der Waals surface area contributed by atoms with Crippen LogP contribution in [0.3, 0.4) is 0 Å². The summed E-state index contributed by atoms with van der Waals surface area (Å²) in [5, 5.41) is 6.63. The van der Waals surface area contributed by atoms with Gasteiger partial charge in [-0.05, 0) is 65.7 Å². The van der Waals surface area contributed by atoms with Crippen LogP contribution in [0.2, 0.25) is 5.02 Å². The number of ether oxygens (including phenoxy) is 1. The van der Waals surface area contributed by atoms with Crippen molar-refractivity contribution in [1.82, 2.24) is 5.43 Å². The fourth-order valence-corrected chi connectivity index (χ4v) is 2.56. The third-order valence-electron chi connectivity index (χ3n) is 3.87. The lowest BCUT2D eigenvalue weighted by Gasteiger charge is -2.06. The topological polar surface area (TPSA) is 79.8 Å². The molecule has 30 heavy (non-hydrogen) atoms. The first-order valence-electron chi connectivity index (χ1n) is 8.87. The lowest BCUT2D eigenvalue weighted by Crippen LogP contribution is -2.32. The SMILES string of the molecule is O=C(NN=Cc1ccc(OCc2ccc(F)cc2)cc1)C(=O)Nc1cccc(Cl)c1. The van der Waals surface area contributed by atoms with E-state index in [9.17, 15) is 14.0 Å². The van der Waals surface area contributed by atoms with Crippen LogP contribution in [0.5, 0.6) is 5.75 Å². The lowest BCUT2D eigenvalue weighted by atomic mass is 10.2. The molecule has 0 bridgehead atoms. The van der Waals surface area contributed by atoms with Gasteiger partial charge in [-0.15, -0.1) is 0 Å². The molecule has 0 aliphatic carbocycles. The summed E-state index contributed by atoms with van der Waals surface area (Å²) < 4.78 is 18.5. The van der Waals surface area contributed by atoms with Crippen LogP contribution in [0.15, 0.2) is 77.9 Å². The summed E-state index contributed by atoms with van der Waals surface area (Å²) in [5.74, 6) is -1.44. The minimum absolute atomic E-state index is 0.295. The largest absolute Gasteiger partial charge is 0.489 e. The van der Waals surface area contributed by atoms with Gasteiger partial charge in [-0.3, -0.25) is 9.59 Å². The maximum Gasteiger partial charge on any atom is 0.329 e. The van der Waals surface area contributed by atoms with E-state index in [0.717, 1.165) is 5.56 Å². The van der Waals surface area contributed by atoms with E-state index in [0.29, 0.717) is 28.6 Å². The maximum atomic E-state index is 12.9. The minimum atomic E-state index is -0.912. The number of nitrogens with one attached hydrogen (secondary N) is 2. The van der Waals surface area contributed by atoms with Crippen LogP contribution in [0, 0.1) is 5.82 Å². The fraction of sp³-hybridized carbons (Fsp3) is 0.0455. The van der Waals surface area contributed by atoms with Crippen LogP contribution in [0.1, 0.15) is 11.1 Å². The van der Waals surface area contributed by atoms with Gasteiger partial charge in [0.15, 0.2) is 0 Å². The standard InChI is InChI=1S/C22H17ClFN3O3/c23-17-2-1-3-19(12-17)26-21(28)22(29)27-25-13-15-6-10-20(11-7-15)30-14-16-4-8-18(24)9-5-16/h1-13H,14H2,(H,26,28)(H,27,29). The Kier molecular flexibility index (Phi) is 7.13. The number of hydrogen-bond acceptors (Lipinski definition) is 4. The molecule has 0 atom stereocenters. The Balaban J connectivity index is 1.46. The summed E-state index contributed by atoms with van der Waals surface area (Å²) in [4.78, 5) is 23.6. The van der Waals surface area contributed by atoms with Crippen molar-refractivity contribution in [3.8, 4) is 5.75 Å². The van der Waals surface area contributed by atoms with Crippen LogP contribution in [0.4, 0.5) is 10.1 Å². The molecule has 0 aliphatic rings. The van der Waals surface area contributed by atoms with E-state index in [1.54, 1.807) is 54.6 Å². The number of hydrogen-bond donors (Lipinski definition) is 2. The molecule has 0 aromatic heterocycles. The average molecular weight is 426 g/mol. The van der Waals surface area contributed by atoms with Gasteiger partial charge in [-0.2, -0.15) is 5.10 Å². The van der Waals surface area contributed by atoms with Crippen molar-refractivity contribution in [1.29, 1.82) is 0 Å². The van der Waals surface area contributed by atoms with Gasteiger partial charge in [-0.1, -0.05) is 29.8 Å². The van der Waals surface area contributed by atoms with Crippen molar-refractivity contribution in [2.24, 2.45) is 5.10 Å². The maximum absolute atomic E-state index is 12.9. The highest BCUT2D eigenvalue weighted by atomic mass is 35.5. The van der Waals surface area contributed by atoms with E-state index in [4.69, 9.17) is 16.3 Å². The highest BCUT2D eigenvalue weighted by Gasteiger charge is 2.12. The predicted octanol–water partition coefficient (Wildman–Crippen LogP) is 4.15. The monoisotopic (exact) mass is 425 g/mol. The zero-order valence-corrected chi connectivity index (χ0v) is 16.4. The summed E-state index contributed by atoms with van der Waals surface area (Å²) in [7, 11) is 0. The molecule has 0 saturated carbocycles. The smallest absolute Gasteiger partial charge is 0.329 e. The number of benzene rings is 3. The molecule has 3 aromatic rings. The van der Waals surface area contributed by atoms with Crippen LogP contribution in [-0.4, -0.2) is 18.0 Å². The number of anilines is 1. The van der Waals surface area contributed by atoms with E-state index in [2.05, 4.69) is 15.8 Å². The Morgan fingerprint density at radius 3 is 2.43 bits per heavy atom. The quantitative estimate of drug-likeness (QED) is 0.354. The molecule has 2 amide bonds. The predicted molar refractivity (Wildman–Crippen MR) is 113 cm³/mol. The van der Waals surface area contributed by atoms with Gasteiger partial charge in [0.1, 0.15) is 18.2 Å². The van der Waals surface area contributed by atoms with Crippen LogP contribution >= 0.6 is 11.6 Å². The second-order valence-electron chi connectivity index (χ2n) is 6.15. The summed E-state index contributed by atoms with van der Waals surface area (Å²) in [6.07, 6.45) is 1.40. The van der Waals surface area contributed by atoms with Crippen molar-refractivity contribution in [2.45, 2.75) is 6.61 Å². The van der Waals surface area contributed by atoms with Gasteiger partial charge in [0.2, 0.25) is 0 Å². The minimum Gasteiger partial charge on any atom is -0.489 e. The van der Waals surface area contributed by atoms with Gasteiger partial charge < -0.3 is 10.1 Å². The lowest BCUT2D eigenvalue weighted by molar-refractivity contribution is -0.136. The number of carbonyl (C=O) groups excluding carboxylic acids is 2. The summed E-state index contributed by atoms with van der Waals surface area (Å²) >= 11 is 5.83. The molecule has 152 valence electrons. The van der Waals surface area contributed by atoms with Crippen molar-refractivity contribution in [3.05, 3.63) is 94.8 Å². The van der Waals surface area contributed by atoms with E-state index in [-0.39, 0.29) is 5.82 Å². The zero-order valence-electron chi connectivity index (χ0n) is 15.6. The Labute approximate surface area is 177 Å². The summed E-state index contributed by atoms with van der Waals surface area (Å²) in [6.45, 7) is 0.311. The molecule has 6 nitrogen and oxygen atoms in total. The first-order valence-corrected chi connectivity index (χ1v) is 9.25. The highest BCUT2D eigenvalue weighted by Crippen LogP contribution is 2.15. The molecule has 2 N–H and O–H groups in total.